The van der Waals surface area contributed by atoms with Gasteiger partial charge in [0.25, 0.3) is 0 Å². The van der Waals surface area contributed by atoms with Crippen molar-refractivity contribution in [1.82, 2.24) is 19.6 Å². The number of aromatic nitrogens is 4. The minimum atomic E-state index is -1.01. The highest BCUT2D eigenvalue weighted by Crippen LogP contribution is 2.24. The summed E-state index contributed by atoms with van der Waals surface area (Å²) in [6.07, 6.45) is 4.89. The molecule has 2 heterocycles. The number of carbonyl (C=O) groups is 1. The smallest absolute Gasteiger partial charge is 0.339 e. The molecule has 0 saturated heterocycles. The van der Waals surface area contributed by atoms with Crippen LogP contribution < -0.4 is 0 Å². The Labute approximate surface area is 121 Å². The van der Waals surface area contributed by atoms with Gasteiger partial charge in [-0.25, -0.2) is 9.48 Å². The zero-order valence-electron chi connectivity index (χ0n) is 11.7. The standard InChI is InChI=1S/C15H14N4O2/c1-10-5-3-4-6-13(10)19-9-12(15(20)21)14(17-19)11-7-16-18(2)8-11/h3-9H,1-2H3,(H,20,21). The molecule has 0 bridgehead atoms. The second-order valence-electron chi connectivity index (χ2n) is 4.83. The van der Waals surface area contributed by atoms with E-state index in [1.165, 1.54) is 6.20 Å². The molecule has 0 saturated carbocycles. The molecule has 21 heavy (non-hydrogen) atoms. The second-order valence-corrected chi connectivity index (χ2v) is 4.83. The largest absolute Gasteiger partial charge is 0.478 e. The molecule has 0 atom stereocenters. The van der Waals surface area contributed by atoms with E-state index in [4.69, 9.17) is 0 Å². The van der Waals surface area contributed by atoms with Crippen molar-refractivity contribution in [2.45, 2.75) is 6.92 Å². The average Bonchev–Trinajstić information content (AvgIpc) is 3.05. The normalized spacial score (nSPS) is 10.8. The lowest BCUT2D eigenvalue weighted by Crippen LogP contribution is -1.97. The third kappa shape index (κ3) is 2.31. The van der Waals surface area contributed by atoms with Crippen LogP contribution in [-0.4, -0.2) is 30.6 Å². The molecule has 0 fully saturated rings. The number of hydrogen-bond acceptors (Lipinski definition) is 3. The third-order valence-electron chi connectivity index (χ3n) is 3.29. The Bertz CT molecular complexity index is 817. The van der Waals surface area contributed by atoms with E-state index < -0.39 is 5.97 Å². The molecule has 0 radical (unpaired) electrons. The number of rotatable bonds is 3. The van der Waals surface area contributed by atoms with E-state index in [2.05, 4.69) is 10.2 Å². The minimum Gasteiger partial charge on any atom is -0.478 e. The van der Waals surface area contributed by atoms with Crippen LogP contribution in [0.4, 0.5) is 0 Å². The minimum absolute atomic E-state index is 0.159. The Kier molecular flexibility index (Phi) is 3.06. The van der Waals surface area contributed by atoms with Gasteiger partial charge in [0.1, 0.15) is 11.3 Å². The molecule has 3 rings (SSSR count). The molecule has 1 aromatic carbocycles. The third-order valence-corrected chi connectivity index (χ3v) is 3.29. The van der Waals surface area contributed by atoms with E-state index in [-0.39, 0.29) is 5.56 Å². The van der Waals surface area contributed by atoms with Crippen LogP contribution in [0.1, 0.15) is 15.9 Å². The molecule has 0 aliphatic heterocycles. The van der Waals surface area contributed by atoms with E-state index in [0.717, 1.165) is 11.3 Å². The van der Waals surface area contributed by atoms with Gasteiger partial charge >= 0.3 is 5.97 Å². The SMILES string of the molecule is Cc1ccccc1-n1cc(C(=O)O)c(-c2cnn(C)c2)n1. The van der Waals surface area contributed by atoms with Gasteiger partial charge in [0, 0.05) is 25.0 Å². The van der Waals surface area contributed by atoms with Crippen molar-refractivity contribution in [2.24, 2.45) is 7.05 Å². The predicted molar refractivity (Wildman–Crippen MR) is 77.5 cm³/mol. The molecule has 6 nitrogen and oxygen atoms in total. The Morgan fingerprint density at radius 2 is 2.00 bits per heavy atom. The van der Waals surface area contributed by atoms with E-state index in [1.807, 2.05) is 31.2 Å². The van der Waals surface area contributed by atoms with Crippen LogP contribution >= 0.6 is 0 Å². The molecule has 0 spiro atoms. The first-order valence-corrected chi connectivity index (χ1v) is 6.44. The monoisotopic (exact) mass is 282 g/mol. The molecule has 106 valence electrons. The fourth-order valence-corrected chi connectivity index (χ4v) is 2.23. The Hall–Kier alpha value is -2.89. The Balaban J connectivity index is 2.18. The molecule has 2 aromatic heterocycles. The number of aromatic carboxylic acids is 1. The lowest BCUT2D eigenvalue weighted by atomic mass is 10.1. The van der Waals surface area contributed by atoms with Crippen LogP contribution in [-0.2, 0) is 7.05 Å². The maximum atomic E-state index is 11.5. The van der Waals surface area contributed by atoms with Crippen molar-refractivity contribution >= 4 is 5.97 Å². The van der Waals surface area contributed by atoms with E-state index in [0.29, 0.717) is 11.3 Å². The summed E-state index contributed by atoms with van der Waals surface area (Å²) in [5.74, 6) is -1.01. The first-order valence-electron chi connectivity index (χ1n) is 6.44. The summed E-state index contributed by atoms with van der Waals surface area (Å²) in [7, 11) is 1.78. The van der Waals surface area contributed by atoms with Crippen LogP contribution in [0.15, 0.2) is 42.9 Å². The number of aryl methyl sites for hydroxylation is 2. The van der Waals surface area contributed by atoms with Crippen LogP contribution in [0.2, 0.25) is 0 Å². The lowest BCUT2D eigenvalue weighted by molar-refractivity contribution is 0.0697. The second kappa shape index (κ2) is 4.90. The van der Waals surface area contributed by atoms with Gasteiger partial charge in [-0.3, -0.25) is 4.68 Å². The van der Waals surface area contributed by atoms with Crippen molar-refractivity contribution in [3.8, 4) is 16.9 Å². The topological polar surface area (TPSA) is 72.9 Å². The molecule has 0 unspecified atom stereocenters. The quantitative estimate of drug-likeness (QED) is 0.800. The van der Waals surface area contributed by atoms with Crippen molar-refractivity contribution in [3.05, 3.63) is 54.0 Å². The molecule has 3 aromatic rings. The average molecular weight is 282 g/mol. The summed E-state index contributed by atoms with van der Waals surface area (Å²) in [6.45, 7) is 1.96. The maximum absolute atomic E-state index is 11.5. The lowest BCUT2D eigenvalue weighted by Gasteiger charge is -2.04. The van der Waals surface area contributed by atoms with E-state index in [9.17, 15) is 9.90 Å². The zero-order chi connectivity index (χ0) is 15.0. The van der Waals surface area contributed by atoms with E-state index >= 15 is 0 Å². The number of para-hydroxylation sites is 1. The number of nitrogens with zero attached hydrogens (tertiary/aromatic N) is 4. The van der Waals surface area contributed by atoms with Gasteiger partial charge in [-0.05, 0) is 18.6 Å². The van der Waals surface area contributed by atoms with Crippen LogP contribution in [0.25, 0.3) is 16.9 Å². The number of carboxylic acids is 1. The zero-order valence-corrected chi connectivity index (χ0v) is 11.7. The van der Waals surface area contributed by atoms with Crippen LogP contribution in [0, 0.1) is 6.92 Å². The summed E-state index contributed by atoms with van der Waals surface area (Å²) in [4.78, 5) is 11.5. The van der Waals surface area contributed by atoms with Gasteiger partial charge in [-0.1, -0.05) is 18.2 Å². The van der Waals surface area contributed by atoms with Crippen molar-refractivity contribution < 1.29 is 9.90 Å². The summed E-state index contributed by atoms with van der Waals surface area (Å²) in [5, 5.41) is 17.9. The number of hydrogen-bond donors (Lipinski definition) is 1. The van der Waals surface area contributed by atoms with Gasteiger partial charge in [0.15, 0.2) is 0 Å². The van der Waals surface area contributed by atoms with Crippen LogP contribution in [0.5, 0.6) is 0 Å². The summed E-state index contributed by atoms with van der Waals surface area (Å²) in [6, 6.07) is 7.69. The Morgan fingerprint density at radius 3 is 2.62 bits per heavy atom. The maximum Gasteiger partial charge on any atom is 0.339 e. The summed E-state index contributed by atoms with van der Waals surface area (Å²) < 4.78 is 3.22. The number of benzene rings is 1. The fraction of sp³-hybridized carbons (Fsp3) is 0.133. The highest BCUT2D eigenvalue weighted by atomic mass is 16.4. The highest BCUT2D eigenvalue weighted by molar-refractivity contribution is 5.94. The number of carboxylic acid groups (broad SMARTS) is 1. The van der Waals surface area contributed by atoms with Crippen molar-refractivity contribution in [3.63, 3.8) is 0 Å². The Morgan fingerprint density at radius 1 is 1.24 bits per heavy atom. The van der Waals surface area contributed by atoms with Gasteiger partial charge < -0.3 is 5.11 Å². The summed E-state index contributed by atoms with van der Waals surface area (Å²) >= 11 is 0. The molecule has 6 heteroatoms. The van der Waals surface area contributed by atoms with Crippen LogP contribution in [0.3, 0.4) is 0 Å². The van der Waals surface area contributed by atoms with Crippen molar-refractivity contribution in [1.29, 1.82) is 0 Å². The fourth-order valence-electron chi connectivity index (χ4n) is 2.23. The van der Waals surface area contributed by atoms with Gasteiger partial charge in [-0.15, -0.1) is 0 Å². The molecule has 0 aliphatic rings. The molecular formula is C15H14N4O2. The van der Waals surface area contributed by atoms with Crippen molar-refractivity contribution in [2.75, 3.05) is 0 Å². The first kappa shape index (κ1) is 13.1. The molecule has 0 amide bonds. The first-order chi connectivity index (χ1) is 10.1. The summed E-state index contributed by atoms with van der Waals surface area (Å²) in [5.41, 5.74) is 3.14. The highest BCUT2D eigenvalue weighted by Gasteiger charge is 2.19. The van der Waals surface area contributed by atoms with Gasteiger partial charge in [0.2, 0.25) is 0 Å². The predicted octanol–water partition coefficient (Wildman–Crippen LogP) is 2.28. The van der Waals surface area contributed by atoms with E-state index in [1.54, 1.807) is 28.8 Å². The van der Waals surface area contributed by atoms with Gasteiger partial charge in [0.05, 0.1) is 11.9 Å². The molecule has 0 aliphatic carbocycles. The molecule has 1 N–H and O–H groups in total. The molecular weight excluding hydrogens is 268 g/mol. The van der Waals surface area contributed by atoms with Gasteiger partial charge in [-0.2, -0.15) is 10.2 Å².